The first kappa shape index (κ1) is 25.8. The van der Waals surface area contributed by atoms with E-state index in [2.05, 4.69) is 40.6 Å². The fourth-order valence-electron chi connectivity index (χ4n) is 5.50. The van der Waals surface area contributed by atoms with Gasteiger partial charge in [-0.2, -0.15) is 5.26 Å². The molecule has 1 saturated heterocycles. The molecule has 1 heterocycles. The van der Waals surface area contributed by atoms with Crippen LogP contribution in [-0.2, 0) is 10.2 Å². The molecule has 1 amide bonds. The van der Waals surface area contributed by atoms with Gasteiger partial charge in [-0.25, -0.2) is 0 Å². The molecular weight excluding hydrogens is 501 g/mol. The Morgan fingerprint density at radius 1 is 0.973 bits per heavy atom. The van der Waals surface area contributed by atoms with E-state index in [1.807, 2.05) is 24.3 Å². The summed E-state index contributed by atoms with van der Waals surface area (Å²) in [5.74, 6) is 0.856. The van der Waals surface area contributed by atoms with Gasteiger partial charge in [0, 0.05) is 28.7 Å². The molecule has 3 aromatic carbocycles. The summed E-state index contributed by atoms with van der Waals surface area (Å²) in [6.07, 6.45) is 6.03. The number of amides is 1. The van der Waals surface area contributed by atoms with Crippen LogP contribution < -0.4 is 5.32 Å². The summed E-state index contributed by atoms with van der Waals surface area (Å²) in [7, 11) is 0. The maximum atomic E-state index is 12.9. The van der Waals surface area contributed by atoms with Gasteiger partial charge in [0.25, 0.3) is 0 Å². The number of halogens is 2. The highest BCUT2D eigenvalue weighted by Crippen LogP contribution is 2.42. The van der Waals surface area contributed by atoms with Crippen LogP contribution in [0.4, 0.5) is 5.69 Å². The highest BCUT2D eigenvalue weighted by Gasteiger charge is 2.37. The van der Waals surface area contributed by atoms with Crippen LogP contribution in [-0.4, -0.2) is 30.4 Å². The van der Waals surface area contributed by atoms with E-state index in [0.29, 0.717) is 27.7 Å². The lowest BCUT2D eigenvalue weighted by molar-refractivity contribution is -0.116. The third-order valence-corrected chi connectivity index (χ3v) is 8.26. The Kier molecular flexibility index (Phi) is 7.86. The van der Waals surface area contributed by atoms with Crippen molar-refractivity contribution in [2.24, 2.45) is 5.92 Å². The van der Waals surface area contributed by atoms with Crippen LogP contribution >= 0.6 is 23.2 Å². The molecule has 4 nitrogen and oxygen atoms in total. The third kappa shape index (κ3) is 6.54. The fraction of sp³-hybridized carbons (Fsp3) is 0.355. The third-order valence-electron chi connectivity index (χ3n) is 7.83. The van der Waals surface area contributed by atoms with Gasteiger partial charge in [-0.05, 0) is 104 Å². The van der Waals surface area contributed by atoms with Crippen molar-refractivity contribution in [1.82, 2.24) is 4.90 Å². The summed E-state index contributed by atoms with van der Waals surface area (Å²) in [5, 5.41) is 13.2. The predicted molar refractivity (Wildman–Crippen MR) is 151 cm³/mol. The molecule has 190 valence electrons. The largest absolute Gasteiger partial charge is 0.326 e. The minimum atomic E-state index is -0.0452. The Balaban J connectivity index is 1.32. The number of hydrogen-bond acceptors (Lipinski definition) is 3. The van der Waals surface area contributed by atoms with E-state index in [9.17, 15) is 10.1 Å². The first-order valence-corrected chi connectivity index (χ1v) is 13.8. The van der Waals surface area contributed by atoms with Crippen LogP contribution in [0.3, 0.4) is 0 Å². The van der Waals surface area contributed by atoms with Gasteiger partial charge in [0.2, 0.25) is 5.91 Å². The van der Waals surface area contributed by atoms with E-state index < -0.39 is 0 Å². The number of rotatable bonds is 8. The molecule has 1 N–H and O–H groups in total. The maximum absolute atomic E-state index is 12.9. The number of anilines is 1. The van der Waals surface area contributed by atoms with Gasteiger partial charge in [-0.1, -0.05) is 59.6 Å². The molecule has 1 saturated carbocycles. The van der Waals surface area contributed by atoms with Crippen LogP contribution in [0.1, 0.15) is 49.7 Å². The number of piperidine rings is 1. The summed E-state index contributed by atoms with van der Waals surface area (Å²) in [4.78, 5) is 15.5. The van der Waals surface area contributed by atoms with Crippen molar-refractivity contribution in [3.63, 3.8) is 0 Å². The zero-order valence-corrected chi connectivity index (χ0v) is 22.4. The van der Waals surface area contributed by atoms with Crippen LogP contribution in [0.25, 0.3) is 11.1 Å². The molecule has 1 aliphatic heterocycles. The zero-order valence-electron chi connectivity index (χ0n) is 20.9. The number of nitriles is 1. The Labute approximate surface area is 229 Å². The quantitative estimate of drug-likeness (QED) is 0.324. The van der Waals surface area contributed by atoms with E-state index >= 15 is 0 Å². The minimum Gasteiger partial charge on any atom is -0.326 e. The molecule has 0 aromatic heterocycles. The number of benzene rings is 3. The maximum Gasteiger partial charge on any atom is 0.224 e. The smallest absolute Gasteiger partial charge is 0.224 e. The second-order valence-corrected chi connectivity index (χ2v) is 11.4. The van der Waals surface area contributed by atoms with Crippen molar-refractivity contribution in [2.45, 2.75) is 43.9 Å². The van der Waals surface area contributed by atoms with Crippen molar-refractivity contribution >= 4 is 34.8 Å². The number of carbonyl (C=O) groups excluding carboxylic acids is 1. The summed E-state index contributed by atoms with van der Waals surface area (Å²) in [6, 6.07) is 23.8. The van der Waals surface area contributed by atoms with Gasteiger partial charge in [0.15, 0.2) is 0 Å². The Hall–Kier alpha value is -2.84. The standard InChI is InChI=1S/C31H31Cl2N3O/c32-27-17-28(33)19-29(18-27)35-30(37)10-11-31(12-14-36(15-13-31)21-22-4-5-22)26-8-6-24(7-9-26)25-3-1-2-23(16-25)20-34/h1-3,6-9,16-19,22H,4-5,10-15,21H2,(H,35,37). The minimum absolute atomic E-state index is 0.0249. The fourth-order valence-corrected chi connectivity index (χ4v) is 6.03. The summed E-state index contributed by atoms with van der Waals surface area (Å²) in [5.41, 5.74) is 4.66. The van der Waals surface area contributed by atoms with E-state index in [1.165, 1.54) is 24.9 Å². The Bertz CT molecular complexity index is 1280. The highest BCUT2D eigenvalue weighted by atomic mass is 35.5. The topological polar surface area (TPSA) is 56.1 Å². The normalized spacial score (nSPS) is 17.2. The van der Waals surface area contributed by atoms with Crippen LogP contribution in [0, 0.1) is 17.2 Å². The van der Waals surface area contributed by atoms with E-state index in [0.717, 1.165) is 49.4 Å². The SMILES string of the molecule is N#Cc1cccc(-c2ccc(C3(CCC(=O)Nc4cc(Cl)cc(Cl)c4)CCN(CC4CC4)CC3)cc2)c1. The van der Waals surface area contributed by atoms with Gasteiger partial charge >= 0.3 is 0 Å². The monoisotopic (exact) mass is 531 g/mol. The molecule has 0 radical (unpaired) electrons. The summed E-state index contributed by atoms with van der Waals surface area (Å²) >= 11 is 12.2. The predicted octanol–water partition coefficient (Wildman–Crippen LogP) is 7.69. The van der Waals surface area contributed by atoms with Crippen LogP contribution in [0.5, 0.6) is 0 Å². The lowest BCUT2D eigenvalue weighted by Gasteiger charge is -2.42. The average molecular weight is 533 g/mol. The van der Waals surface area contributed by atoms with Crippen molar-refractivity contribution in [1.29, 1.82) is 5.26 Å². The lowest BCUT2D eigenvalue weighted by Crippen LogP contribution is -2.43. The molecule has 5 rings (SSSR count). The van der Waals surface area contributed by atoms with Crippen LogP contribution in [0.2, 0.25) is 10.0 Å². The van der Waals surface area contributed by atoms with Gasteiger partial charge < -0.3 is 10.2 Å². The average Bonchev–Trinajstić information content (AvgIpc) is 3.72. The van der Waals surface area contributed by atoms with Crippen molar-refractivity contribution in [3.05, 3.63) is 87.9 Å². The molecule has 0 spiro atoms. The first-order chi connectivity index (χ1) is 17.9. The molecule has 37 heavy (non-hydrogen) atoms. The number of hydrogen-bond donors (Lipinski definition) is 1. The van der Waals surface area contributed by atoms with Gasteiger partial charge in [-0.3, -0.25) is 4.79 Å². The van der Waals surface area contributed by atoms with Gasteiger partial charge in [0.1, 0.15) is 0 Å². The highest BCUT2D eigenvalue weighted by molar-refractivity contribution is 6.35. The second-order valence-electron chi connectivity index (χ2n) is 10.5. The second kappa shape index (κ2) is 11.3. The lowest BCUT2D eigenvalue weighted by atomic mass is 9.69. The van der Waals surface area contributed by atoms with Gasteiger partial charge in [0.05, 0.1) is 11.6 Å². The van der Waals surface area contributed by atoms with E-state index in [-0.39, 0.29) is 11.3 Å². The van der Waals surface area contributed by atoms with E-state index in [1.54, 1.807) is 18.2 Å². The van der Waals surface area contributed by atoms with Crippen molar-refractivity contribution in [3.8, 4) is 17.2 Å². The number of likely N-dealkylation sites (tertiary alicyclic amines) is 1. The van der Waals surface area contributed by atoms with Crippen molar-refractivity contribution in [2.75, 3.05) is 25.0 Å². The summed E-state index contributed by atoms with van der Waals surface area (Å²) < 4.78 is 0. The molecule has 3 aromatic rings. The number of nitrogens with zero attached hydrogens (tertiary/aromatic N) is 2. The van der Waals surface area contributed by atoms with E-state index in [4.69, 9.17) is 23.2 Å². The van der Waals surface area contributed by atoms with Crippen LogP contribution in [0.15, 0.2) is 66.7 Å². The molecule has 0 unspecified atom stereocenters. The molecule has 0 bridgehead atoms. The molecule has 0 atom stereocenters. The molecule has 2 aliphatic rings. The number of carbonyl (C=O) groups is 1. The van der Waals surface area contributed by atoms with Crippen molar-refractivity contribution < 1.29 is 4.79 Å². The molecular formula is C31H31Cl2N3O. The first-order valence-electron chi connectivity index (χ1n) is 13.0. The Morgan fingerprint density at radius 3 is 2.32 bits per heavy atom. The Morgan fingerprint density at radius 2 is 1.68 bits per heavy atom. The molecule has 2 fully saturated rings. The summed E-state index contributed by atoms with van der Waals surface area (Å²) in [6.45, 7) is 3.34. The molecule has 1 aliphatic carbocycles. The molecule has 6 heteroatoms. The van der Waals surface area contributed by atoms with Gasteiger partial charge in [-0.15, -0.1) is 0 Å². The zero-order chi connectivity index (χ0) is 25.8. The number of nitrogens with one attached hydrogen (secondary N) is 1.